The van der Waals surface area contributed by atoms with Crippen molar-refractivity contribution in [1.82, 2.24) is 10.3 Å². The Kier molecular flexibility index (Phi) is 3.94. The van der Waals surface area contributed by atoms with Crippen molar-refractivity contribution in [3.63, 3.8) is 0 Å². The van der Waals surface area contributed by atoms with Gasteiger partial charge >= 0.3 is 0 Å². The summed E-state index contributed by atoms with van der Waals surface area (Å²) in [5, 5.41) is 12.1. The molecule has 6 heteroatoms. The van der Waals surface area contributed by atoms with E-state index in [0.29, 0.717) is 24.4 Å². The van der Waals surface area contributed by atoms with Crippen molar-refractivity contribution in [2.75, 3.05) is 11.5 Å². The van der Waals surface area contributed by atoms with E-state index < -0.39 is 9.84 Å². The number of pyridine rings is 1. The quantitative estimate of drug-likeness (QED) is 0.866. The maximum absolute atomic E-state index is 11.5. The minimum atomic E-state index is -2.90. The Morgan fingerprint density at radius 3 is 3.11 bits per heavy atom. The van der Waals surface area contributed by atoms with Crippen LogP contribution in [0.4, 0.5) is 0 Å². The predicted octanol–water partition coefficient (Wildman–Crippen LogP) is 0.620. The molecule has 5 nitrogen and oxygen atoms in total. The van der Waals surface area contributed by atoms with Gasteiger partial charge in [0.25, 0.3) is 0 Å². The van der Waals surface area contributed by atoms with Gasteiger partial charge in [-0.25, -0.2) is 13.4 Å². The third-order valence-corrected chi connectivity index (χ3v) is 4.86. The van der Waals surface area contributed by atoms with Gasteiger partial charge in [-0.2, -0.15) is 5.26 Å². The Morgan fingerprint density at radius 1 is 1.56 bits per heavy atom. The SMILES string of the molecule is N#Cc1ncccc1CNC1CCCS(=O)(=O)C1. The number of nitrogens with one attached hydrogen (secondary N) is 1. The molecular formula is C12H15N3O2S. The Labute approximate surface area is 107 Å². The fourth-order valence-electron chi connectivity index (χ4n) is 2.12. The molecule has 0 radical (unpaired) electrons. The second-order valence-corrected chi connectivity index (χ2v) is 6.69. The van der Waals surface area contributed by atoms with E-state index in [1.54, 1.807) is 12.3 Å². The highest BCUT2D eigenvalue weighted by molar-refractivity contribution is 7.91. The molecule has 1 unspecified atom stereocenters. The minimum absolute atomic E-state index is 0.0181. The van der Waals surface area contributed by atoms with E-state index in [1.165, 1.54) is 0 Å². The number of nitrogens with zero attached hydrogens (tertiary/aromatic N) is 2. The fraction of sp³-hybridized carbons (Fsp3) is 0.500. The minimum Gasteiger partial charge on any atom is -0.309 e. The molecule has 0 aliphatic carbocycles. The monoisotopic (exact) mass is 265 g/mol. The zero-order chi connectivity index (χ0) is 13.0. The number of sulfone groups is 1. The van der Waals surface area contributed by atoms with E-state index in [2.05, 4.69) is 10.3 Å². The topological polar surface area (TPSA) is 82.8 Å². The van der Waals surface area contributed by atoms with Crippen molar-refractivity contribution < 1.29 is 8.42 Å². The van der Waals surface area contributed by atoms with Crippen LogP contribution in [-0.2, 0) is 16.4 Å². The van der Waals surface area contributed by atoms with Crippen molar-refractivity contribution in [2.45, 2.75) is 25.4 Å². The van der Waals surface area contributed by atoms with E-state index in [1.807, 2.05) is 12.1 Å². The molecule has 1 saturated heterocycles. The van der Waals surface area contributed by atoms with Gasteiger partial charge in [0, 0.05) is 24.3 Å². The molecule has 18 heavy (non-hydrogen) atoms. The molecule has 0 bridgehead atoms. The maximum Gasteiger partial charge on any atom is 0.151 e. The van der Waals surface area contributed by atoms with E-state index in [-0.39, 0.29) is 11.8 Å². The van der Waals surface area contributed by atoms with Crippen LogP contribution in [0, 0.1) is 11.3 Å². The van der Waals surface area contributed by atoms with E-state index in [0.717, 1.165) is 12.0 Å². The van der Waals surface area contributed by atoms with Crippen molar-refractivity contribution in [1.29, 1.82) is 5.26 Å². The first-order chi connectivity index (χ1) is 8.61. The Hall–Kier alpha value is -1.45. The summed E-state index contributed by atoms with van der Waals surface area (Å²) in [6, 6.07) is 5.61. The summed E-state index contributed by atoms with van der Waals surface area (Å²) in [5.74, 6) is 0.483. The molecule has 1 aliphatic heterocycles. The van der Waals surface area contributed by atoms with Gasteiger partial charge < -0.3 is 5.32 Å². The number of nitriles is 1. The number of aromatic nitrogens is 1. The third kappa shape index (κ3) is 3.28. The van der Waals surface area contributed by atoms with Crippen molar-refractivity contribution in [2.24, 2.45) is 0 Å². The molecule has 0 saturated carbocycles. The molecular weight excluding hydrogens is 250 g/mol. The number of hydrogen-bond acceptors (Lipinski definition) is 5. The van der Waals surface area contributed by atoms with Gasteiger partial charge in [-0.15, -0.1) is 0 Å². The van der Waals surface area contributed by atoms with Crippen molar-refractivity contribution >= 4 is 9.84 Å². The van der Waals surface area contributed by atoms with Gasteiger partial charge in [0.05, 0.1) is 11.5 Å². The zero-order valence-electron chi connectivity index (χ0n) is 9.96. The van der Waals surface area contributed by atoms with Crippen LogP contribution in [0.5, 0.6) is 0 Å². The maximum atomic E-state index is 11.5. The van der Waals surface area contributed by atoms with Crippen LogP contribution in [0.2, 0.25) is 0 Å². The lowest BCUT2D eigenvalue weighted by molar-refractivity contribution is 0.479. The standard InChI is InChI=1S/C12H15N3O2S/c13-7-12-10(3-1-5-14-12)8-15-11-4-2-6-18(16,17)9-11/h1,3,5,11,15H,2,4,6,8-9H2. The molecule has 1 aromatic heterocycles. The molecule has 1 aliphatic rings. The molecule has 1 fully saturated rings. The first-order valence-electron chi connectivity index (χ1n) is 5.88. The second-order valence-electron chi connectivity index (χ2n) is 4.46. The number of rotatable bonds is 3. The Balaban J connectivity index is 1.98. The molecule has 96 valence electrons. The second kappa shape index (κ2) is 5.46. The number of hydrogen-bond donors (Lipinski definition) is 1. The molecule has 2 rings (SSSR count). The van der Waals surface area contributed by atoms with Crippen LogP contribution in [0.3, 0.4) is 0 Å². The van der Waals surface area contributed by atoms with Gasteiger partial charge in [0.1, 0.15) is 11.8 Å². The summed E-state index contributed by atoms with van der Waals surface area (Å²) in [4.78, 5) is 3.97. The van der Waals surface area contributed by atoms with Gasteiger partial charge in [0.15, 0.2) is 9.84 Å². The van der Waals surface area contributed by atoms with Crippen molar-refractivity contribution in [3.05, 3.63) is 29.6 Å². The van der Waals surface area contributed by atoms with Gasteiger partial charge in [-0.3, -0.25) is 0 Å². The summed E-state index contributed by atoms with van der Waals surface area (Å²) in [6.45, 7) is 0.483. The van der Waals surface area contributed by atoms with Crippen LogP contribution in [0.15, 0.2) is 18.3 Å². The Morgan fingerprint density at radius 2 is 2.39 bits per heavy atom. The van der Waals surface area contributed by atoms with Gasteiger partial charge in [-0.1, -0.05) is 6.07 Å². The average molecular weight is 265 g/mol. The molecule has 1 aromatic rings. The highest BCUT2D eigenvalue weighted by Gasteiger charge is 2.24. The highest BCUT2D eigenvalue weighted by atomic mass is 32.2. The van der Waals surface area contributed by atoms with E-state index in [4.69, 9.17) is 5.26 Å². The molecule has 0 spiro atoms. The van der Waals surface area contributed by atoms with Gasteiger partial charge in [0.2, 0.25) is 0 Å². The molecule has 0 amide bonds. The molecule has 2 heterocycles. The van der Waals surface area contributed by atoms with Crippen LogP contribution >= 0.6 is 0 Å². The van der Waals surface area contributed by atoms with Crippen LogP contribution in [0.25, 0.3) is 0 Å². The largest absolute Gasteiger partial charge is 0.309 e. The normalized spacial score (nSPS) is 22.3. The summed E-state index contributed by atoms with van der Waals surface area (Å²) >= 11 is 0. The highest BCUT2D eigenvalue weighted by Crippen LogP contribution is 2.13. The summed E-state index contributed by atoms with van der Waals surface area (Å²) in [6.07, 6.45) is 3.15. The summed E-state index contributed by atoms with van der Waals surface area (Å²) in [5.41, 5.74) is 1.20. The Bertz CT molecular complexity index is 563. The lowest BCUT2D eigenvalue weighted by Gasteiger charge is -2.23. The lowest BCUT2D eigenvalue weighted by Crippen LogP contribution is -2.39. The van der Waals surface area contributed by atoms with Crippen LogP contribution < -0.4 is 5.32 Å². The zero-order valence-corrected chi connectivity index (χ0v) is 10.8. The van der Waals surface area contributed by atoms with Crippen LogP contribution in [0.1, 0.15) is 24.1 Å². The fourth-order valence-corrected chi connectivity index (χ4v) is 3.79. The van der Waals surface area contributed by atoms with Gasteiger partial charge in [-0.05, 0) is 18.9 Å². The van der Waals surface area contributed by atoms with Crippen LogP contribution in [-0.4, -0.2) is 30.9 Å². The first-order valence-corrected chi connectivity index (χ1v) is 7.71. The average Bonchev–Trinajstić information content (AvgIpc) is 2.35. The van der Waals surface area contributed by atoms with Crippen molar-refractivity contribution in [3.8, 4) is 6.07 Å². The predicted molar refractivity (Wildman–Crippen MR) is 67.5 cm³/mol. The lowest BCUT2D eigenvalue weighted by atomic mass is 10.1. The molecule has 1 atom stereocenters. The molecule has 0 aromatic carbocycles. The smallest absolute Gasteiger partial charge is 0.151 e. The first kappa shape index (κ1) is 13.0. The molecule has 1 N–H and O–H groups in total. The summed E-state index contributed by atoms with van der Waals surface area (Å²) < 4.78 is 23.0. The van der Waals surface area contributed by atoms with E-state index >= 15 is 0 Å². The third-order valence-electron chi connectivity index (χ3n) is 3.04. The van der Waals surface area contributed by atoms with E-state index in [9.17, 15) is 8.42 Å². The summed E-state index contributed by atoms with van der Waals surface area (Å²) in [7, 11) is -2.90.